The zero-order chi connectivity index (χ0) is 18.7. The Balaban J connectivity index is 2.35. The Kier molecular flexibility index (Phi) is 5.45. The van der Waals surface area contributed by atoms with Crippen LogP contribution in [0.15, 0.2) is 61.2 Å². The molecule has 0 aromatic heterocycles. The smallest absolute Gasteiger partial charge is 0.289 e. The van der Waals surface area contributed by atoms with Gasteiger partial charge in [-0.15, -0.1) is 0 Å². The van der Waals surface area contributed by atoms with Gasteiger partial charge in [-0.25, -0.2) is 0 Å². The van der Waals surface area contributed by atoms with E-state index in [2.05, 4.69) is 6.58 Å². The van der Waals surface area contributed by atoms with Crippen LogP contribution in [0.25, 0.3) is 0 Å². The van der Waals surface area contributed by atoms with Gasteiger partial charge in [0.05, 0.1) is 0 Å². The predicted octanol–water partition coefficient (Wildman–Crippen LogP) is 5.89. The van der Waals surface area contributed by atoms with Crippen molar-refractivity contribution >= 4 is 5.78 Å². The van der Waals surface area contributed by atoms with E-state index in [-0.39, 0.29) is 5.56 Å². The molecule has 132 valence electrons. The van der Waals surface area contributed by atoms with Crippen LogP contribution in [0.3, 0.4) is 0 Å². The second-order valence-corrected chi connectivity index (χ2v) is 5.74. The highest BCUT2D eigenvalue weighted by atomic mass is 19.3. The van der Waals surface area contributed by atoms with Crippen molar-refractivity contribution < 1.29 is 22.4 Å². The van der Waals surface area contributed by atoms with Crippen LogP contribution in [0.1, 0.15) is 40.4 Å². The summed E-state index contributed by atoms with van der Waals surface area (Å²) in [7, 11) is 0. The summed E-state index contributed by atoms with van der Waals surface area (Å²) < 4.78 is 57.7. The fraction of sp³-hybridized carbons (Fsp3) is 0.250. The van der Waals surface area contributed by atoms with Gasteiger partial charge >= 0.3 is 11.8 Å². The van der Waals surface area contributed by atoms with Crippen molar-refractivity contribution in [3.8, 4) is 0 Å². The minimum atomic E-state index is -4.41. The van der Waals surface area contributed by atoms with E-state index in [1.165, 1.54) is 12.1 Å². The van der Waals surface area contributed by atoms with Gasteiger partial charge < -0.3 is 0 Å². The number of ketones is 1. The number of rotatable bonds is 7. The van der Waals surface area contributed by atoms with Gasteiger partial charge in [-0.1, -0.05) is 68.5 Å². The molecular formula is C20H18F4O. The number of hydrogen-bond acceptors (Lipinski definition) is 1. The molecule has 0 saturated carbocycles. The maximum absolute atomic E-state index is 14.4. The third-order valence-electron chi connectivity index (χ3n) is 3.97. The van der Waals surface area contributed by atoms with Crippen LogP contribution in [0.5, 0.6) is 0 Å². The van der Waals surface area contributed by atoms with Gasteiger partial charge in [-0.3, -0.25) is 4.79 Å². The van der Waals surface area contributed by atoms with Crippen molar-refractivity contribution in [2.75, 3.05) is 0 Å². The number of alkyl halides is 4. The van der Waals surface area contributed by atoms with Crippen molar-refractivity contribution in [3.05, 3.63) is 83.4 Å². The van der Waals surface area contributed by atoms with E-state index in [1.54, 1.807) is 0 Å². The highest BCUT2D eigenvalue weighted by Crippen LogP contribution is 2.49. The van der Waals surface area contributed by atoms with E-state index in [0.717, 1.165) is 54.5 Å². The SMILES string of the molecule is C=CC(=O)c1ccc(C(F)(F)C(F)(F)c2ccc(CCC)cc2)cc1. The van der Waals surface area contributed by atoms with E-state index < -0.39 is 28.8 Å². The molecule has 0 aliphatic rings. The standard InChI is InChI=1S/C20H18F4O/c1-3-5-14-6-10-16(11-7-14)19(21,22)20(23,24)17-12-8-15(9-13-17)18(25)4-2/h4,6-13H,2-3,5H2,1H3. The Labute approximate surface area is 144 Å². The Bertz CT molecular complexity index is 746. The minimum Gasteiger partial charge on any atom is -0.289 e. The zero-order valence-corrected chi connectivity index (χ0v) is 13.7. The maximum atomic E-state index is 14.4. The lowest BCUT2D eigenvalue weighted by atomic mass is 9.94. The Hall–Kier alpha value is -2.43. The summed E-state index contributed by atoms with van der Waals surface area (Å²) in [6, 6.07) is 8.82. The Morgan fingerprint density at radius 3 is 1.76 bits per heavy atom. The highest BCUT2D eigenvalue weighted by Gasteiger charge is 2.58. The van der Waals surface area contributed by atoms with Gasteiger partial charge in [-0.05, 0) is 18.1 Å². The summed E-state index contributed by atoms with van der Waals surface area (Å²) in [6.07, 6.45) is 2.56. The molecule has 0 unspecified atom stereocenters. The third kappa shape index (κ3) is 3.65. The van der Waals surface area contributed by atoms with Crippen molar-refractivity contribution in [3.63, 3.8) is 0 Å². The molecule has 0 aliphatic heterocycles. The predicted molar refractivity (Wildman–Crippen MR) is 89.2 cm³/mol. The molecule has 2 rings (SSSR count). The van der Waals surface area contributed by atoms with Crippen LogP contribution < -0.4 is 0 Å². The summed E-state index contributed by atoms with van der Waals surface area (Å²) in [5, 5.41) is 0. The molecule has 0 spiro atoms. The average Bonchev–Trinajstić information content (AvgIpc) is 2.61. The number of aryl methyl sites for hydroxylation is 1. The lowest BCUT2D eigenvalue weighted by molar-refractivity contribution is -0.223. The van der Waals surface area contributed by atoms with Crippen LogP contribution in [-0.4, -0.2) is 5.78 Å². The zero-order valence-electron chi connectivity index (χ0n) is 13.7. The molecule has 0 aliphatic carbocycles. The van der Waals surface area contributed by atoms with Gasteiger partial charge in [-0.2, -0.15) is 17.6 Å². The van der Waals surface area contributed by atoms with E-state index >= 15 is 0 Å². The molecule has 1 nitrogen and oxygen atoms in total. The molecule has 2 aromatic carbocycles. The van der Waals surface area contributed by atoms with Gasteiger partial charge in [0.1, 0.15) is 0 Å². The molecule has 25 heavy (non-hydrogen) atoms. The number of halogens is 4. The quantitative estimate of drug-likeness (QED) is 0.346. The fourth-order valence-electron chi connectivity index (χ4n) is 2.49. The normalized spacial score (nSPS) is 12.0. The summed E-state index contributed by atoms with van der Waals surface area (Å²) >= 11 is 0. The molecule has 0 amide bonds. The molecule has 0 heterocycles. The number of benzene rings is 2. The lowest BCUT2D eigenvalue weighted by Crippen LogP contribution is -2.35. The van der Waals surface area contributed by atoms with Crippen molar-refractivity contribution in [2.24, 2.45) is 0 Å². The second kappa shape index (κ2) is 7.21. The number of allylic oxidation sites excluding steroid dienone is 1. The van der Waals surface area contributed by atoms with Crippen molar-refractivity contribution in [2.45, 2.75) is 31.6 Å². The molecule has 0 atom stereocenters. The number of carbonyl (C=O) groups excluding carboxylic acids is 1. The Morgan fingerprint density at radius 2 is 1.36 bits per heavy atom. The lowest BCUT2D eigenvalue weighted by Gasteiger charge is -2.27. The Morgan fingerprint density at radius 1 is 0.920 bits per heavy atom. The van der Waals surface area contributed by atoms with Gasteiger partial charge in [0.2, 0.25) is 0 Å². The van der Waals surface area contributed by atoms with Crippen molar-refractivity contribution in [1.29, 1.82) is 0 Å². The molecule has 0 saturated heterocycles. The fourth-order valence-corrected chi connectivity index (χ4v) is 2.49. The molecule has 2 aromatic rings. The van der Waals surface area contributed by atoms with E-state index in [1.807, 2.05) is 6.92 Å². The van der Waals surface area contributed by atoms with Crippen LogP contribution >= 0.6 is 0 Å². The number of hydrogen-bond donors (Lipinski definition) is 0. The summed E-state index contributed by atoms with van der Waals surface area (Å²) in [5.74, 6) is -9.25. The van der Waals surface area contributed by atoms with Crippen molar-refractivity contribution in [1.82, 2.24) is 0 Å². The first kappa shape index (κ1) is 18.9. The first-order chi connectivity index (χ1) is 11.7. The molecule has 0 N–H and O–H groups in total. The first-order valence-electron chi connectivity index (χ1n) is 7.86. The largest absolute Gasteiger partial charge is 0.339 e. The molecule has 0 bridgehead atoms. The van der Waals surface area contributed by atoms with E-state index in [4.69, 9.17) is 0 Å². The van der Waals surface area contributed by atoms with Crippen LogP contribution in [0.2, 0.25) is 0 Å². The second-order valence-electron chi connectivity index (χ2n) is 5.74. The monoisotopic (exact) mass is 350 g/mol. The van der Waals surface area contributed by atoms with Gasteiger partial charge in [0, 0.05) is 16.7 Å². The average molecular weight is 350 g/mol. The van der Waals surface area contributed by atoms with E-state index in [9.17, 15) is 22.4 Å². The summed E-state index contributed by atoms with van der Waals surface area (Å²) in [5.41, 5.74) is -0.668. The number of carbonyl (C=O) groups is 1. The van der Waals surface area contributed by atoms with Crippen LogP contribution in [-0.2, 0) is 18.3 Å². The van der Waals surface area contributed by atoms with Crippen LogP contribution in [0.4, 0.5) is 17.6 Å². The maximum Gasteiger partial charge on any atom is 0.339 e. The topological polar surface area (TPSA) is 17.1 Å². The molecule has 5 heteroatoms. The van der Waals surface area contributed by atoms with Gasteiger partial charge in [0.25, 0.3) is 0 Å². The van der Waals surface area contributed by atoms with Crippen LogP contribution in [0, 0.1) is 0 Å². The third-order valence-corrected chi connectivity index (χ3v) is 3.97. The molecular weight excluding hydrogens is 332 g/mol. The highest BCUT2D eigenvalue weighted by molar-refractivity contribution is 6.04. The van der Waals surface area contributed by atoms with Gasteiger partial charge in [0.15, 0.2) is 5.78 Å². The molecule has 0 fully saturated rings. The summed E-state index contributed by atoms with van der Waals surface area (Å²) in [6.45, 7) is 5.23. The summed E-state index contributed by atoms with van der Waals surface area (Å²) in [4.78, 5) is 11.4. The molecule has 0 radical (unpaired) electrons. The minimum absolute atomic E-state index is 0.113. The van der Waals surface area contributed by atoms with E-state index in [0.29, 0.717) is 6.42 Å². The first-order valence-corrected chi connectivity index (χ1v) is 7.86.